The number of nitrogens with zero attached hydrogens (tertiary/aromatic N) is 3. The van der Waals surface area contributed by atoms with Crippen LogP contribution in [-0.4, -0.2) is 39.9 Å². The highest BCUT2D eigenvalue weighted by molar-refractivity contribution is 7.71. The topological polar surface area (TPSA) is 56.3 Å². The van der Waals surface area contributed by atoms with E-state index in [4.69, 9.17) is 12.2 Å². The first kappa shape index (κ1) is 16.4. The molecule has 1 atom stereocenters. The fraction of sp³-hybridized carbons (Fsp3) is 0.533. The molecule has 3 rings (SSSR count). The first-order valence-corrected chi connectivity index (χ1v) is 9.19. The third-order valence-corrected chi connectivity index (χ3v) is 5.10. The number of hydrogen-bond acceptors (Lipinski definition) is 4. The second kappa shape index (κ2) is 6.94. The lowest BCUT2D eigenvalue weighted by Crippen LogP contribution is -3.09. The Morgan fingerprint density at radius 3 is 2.96 bits per heavy atom. The molecule has 2 N–H and O–H groups in total. The number of quaternary nitrogens is 1. The van der Waals surface area contributed by atoms with Gasteiger partial charge in [-0.1, -0.05) is 6.07 Å². The predicted octanol–water partition coefficient (Wildman–Crippen LogP) is 0.913. The average Bonchev–Trinajstić information content (AvgIpc) is 3.04. The number of aromatic nitrogens is 3. The number of rotatable bonds is 7. The summed E-state index contributed by atoms with van der Waals surface area (Å²) < 4.78 is 4.57. The molecule has 23 heavy (non-hydrogen) atoms. The van der Waals surface area contributed by atoms with Crippen molar-refractivity contribution in [3.63, 3.8) is 0 Å². The number of nitrogens with one attached hydrogen (secondary N) is 2. The van der Waals surface area contributed by atoms with E-state index in [-0.39, 0.29) is 5.91 Å². The third-order valence-electron chi connectivity index (χ3n) is 3.81. The van der Waals surface area contributed by atoms with Gasteiger partial charge >= 0.3 is 0 Å². The Hall–Kier alpha value is -1.51. The van der Waals surface area contributed by atoms with E-state index in [2.05, 4.69) is 23.4 Å². The zero-order chi connectivity index (χ0) is 16.4. The lowest BCUT2D eigenvalue weighted by atomic mass is 10.4. The molecule has 0 radical (unpaired) electrons. The van der Waals surface area contributed by atoms with E-state index >= 15 is 0 Å². The molecule has 1 fully saturated rings. The Morgan fingerprint density at radius 1 is 1.57 bits per heavy atom. The fourth-order valence-corrected chi connectivity index (χ4v) is 3.55. The highest BCUT2D eigenvalue weighted by atomic mass is 32.1. The number of likely N-dealkylation sites (N-methyl/N-ethyl adjacent to an activating group) is 1. The van der Waals surface area contributed by atoms with Gasteiger partial charge in [0, 0.05) is 12.6 Å². The van der Waals surface area contributed by atoms with E-state index < -0.39 is 0 Å². The molecule has 8 heteroatoms. The van der Waals surface area contributed by atoms with Crippen LogP contribution < -0.4 is 10.2 Å². The van der Waals surface area contributed by atoms with Gasteiger partial charge in [-0.05, 0) is 43.4 Å². The number of carbonyl (C=O) groups is 1. The van der Waals surface area contributed by atoms with Crippen LogP contribution in [0.2, 0.25) is 0 Å². The minimum Gasteiger partial charge on any atom is -0.348 e. The molecule has 1 aliphatic rings. The van der Waals surface area contributed by atoms with Crippen molar-refractivity contribution >= 4 is 29.5 Å². The fourth-order valence-electron chi connectivity index (χ4n) is 2.51. The number of carbonyl (C=O) groups excluding carboxylic acids is 1. The zero-order valence-electron chi connectivity index (χ0n) is 13.4. The molecule has 2 aromatic heterocycles. The molecule has 0 bridgehead atoms. The van der Waals surface area contributed by atoms with Crippen LogP contribution >= 0.6 is 23.6 Å². The van der Waals surface area contributed by atoms with E-state index in [1.165, 1.54) is 0 Å². The maximum absolute atomic E-state index is 11.9. The quantitative estimate of drug-likeness (QED) is 0.729. The Kier molecular flexibility index (Phi) is 4.93. The molecule has 1 amide bonds. The molecule has 0 saturated heterocycles. The third kappa shape index (κ3) is 3.88. The van der Waals surface area contributed by atoms with Crippen molar-refractivity contribution in [2.45, 2.75) is 39.0 Å². The van der Waals surface area contributed by atoms with Gasteiger partial charge in [-0.2, -0.15) is 4.68 Å². The Bertz CT molecular complexity index is 730. The van der Waals surface area contributed by atoms with Gasteiger partial charge in [0.05, 0.1) is 11.9 Å². The van der Waals surface area contributed by atoms with Gasteiger partial charge in [0.25, 0.3) is 5.91 Å². The maximum Gasteiger partial charge on any atom is 0.275 e. The van der Waals surface area contributed by atoms with E-state index in [1.54, 1.807) is 11.3 Å². The molecule has 0 aliphatic heterocycles. The Labute approximate surface area is 144 Å². The van der Waals surface area contributed by atoms with Gasteiger partial charge in [-0.15, -0.1) is 16.4 Å². The van der Waals surface area contributed by atoms with Crippen LogP contribution in [0.1, 0.15) is 19.8 Å². The van der Waals surface area contributed by atoms with Crippen LogP contribution in [0, 0.1) is 4.77 Å². The molecule has 1 unspecified atom stereocenters. The molecule has 1 saturated carbocycles. The van der Waals surface area contributed by atoms with Crippen molar-refractivity contribution < 1.29 is 9.69 Å². The highest BCUT2D eigenvalue weighted by Crippen LogP contribution is 2.23. The van der Waals surface area contributed by atoms with Gasteiger partial charge in [-0.3, -0.25) is 9.36 Å². The van der Waals surface area contributed by atoms with Crippen molar-refractivity contribution in [3.05, 3.63) is 22.3 Å². The normalized spacial score (nSPS) is 15.6. The largest absolute Gasteiger partial charge is 0.348 e. The second-order valence-corrected chi connectivity index (χ2v) is 7.27. The van der Waals surface area contributed by atoms with Gasteiger partial charge in [0.1, 0.15) is 0 Å². The number of hydrogen-bond donors (Lipinski definition) is 2. The van der Waals surface area contributed by atoms with Gasteiger partial charge in [-0.25, -0.2) is 0 Å². The van der Waals surface area contributed by atoms with Gasteiger partial charge in [0.15, 0.2) is 19.0 Å². The molecule has 2 heterocycles. The molecular weight excluding hydrogens is 330 g/mol. The van der Waals surface area contributed by atoms with E-state index in [0.717, 1.165) is 35.0 Å². The summed E-state index contributed by atoms with van der Waals surface area (Å²) >= 11 is 7.21. The predicted molar refractivity (Wildman–Crippen MR) is 93.0 cm³/mol. The highest BCUT2D eigenvalue weighted by Gasteiger charge is 2.24. The van der Waals surface area contributed by atoms with Gasteiger partial charge < -0.3 is 10.2 Å². The summed E-state index contributed by atoms with van der Waals surface area (Å²) in [6, 6.07) is 4.47. The van der Waals surface area contributed by atoms with Crippen molar-refractivity contribution in [2.24, 2.45) is 0 Å². The summed E-state index contributed by atoms with van der Waals surface area (Å²) in [5.41, 5.74) is 0. The molecule has 2 aromatic rings. The monoisotopic (exact) mass is 352 g/mol. The standard InChI is InChI=1S/C15H21N5OS2/c1-3-19-14(12-5-4-8-23-12)17-20(15(19)22)10-18(2)9-13(21)16-11-6-7-11/h4-5,8,11H,3,6-7,9-10H2,1-2H3,(H,16,21)/p+1. The van der Waals surface area contributed by atoms with Crippen LogP contribution in [0.3, 0.4) is 0 Å². The Morgan fingerprint density at radius 2 is 2.35 bits per heavy atom. The summed E-state index contributed by atoms with van der Waals surface area (Å²) in [7, 11) is 1.99. The lowest BCUT2D eigenvalue weighted by molar-refractivity contribution is -0.895. The minimum absolute atomic E-state index is 0.102. The van der Waals surface area contributed by atoms with Crippen LogP contribution in [0.25, 0.3) is 10.7 Å². The summed E-state index contributed by atoms with van der Waals surface area (Å²) in [5.74, 6) is 1.01. The van der Waals surface area contributed by atoms with E-state index in [1.807, 2.05) is 27.7 Å². The average molecular weight is 353 g/mol. The van der Waals surface area contributed by atoms with Crippen molar-refractivity contribution in [1.29, 1.82) is 0 Å². The van der Waals surface area contributed by atoms with Crippen LogP contribution in [0.5, 0.6) is 0 Å². The van der Waals surface area contributed by atoms with Crippen LogP contribution in [-0.2, 0) is 18.0 Å². The first-order valence-electron chi connectivity index (χ1n) is 7.90. The SMILES string of the molecule is CCn1c(-c2cccs2)nn(C[NH+](C)CC(=O)NC2CC2)c1=S. The van der Waals surface area contributed by atoms with Gasteiger partial charge in [0.2, 0.25) is 4.77 Å². The zero-order valence-corrected chi connectivity index (χ0v) is 15.0. The number of amides is 1. The van der Waals surface area contributed by atoms with E-state index in [0.29, 0.717) is 24.0 Å². The molecular formula is C15H22N5OS2+. The van der Waals surface area contributed by atoms with Crippen molar-refractivity contribution in [1.82, 2.24) is 19.7 Å². The Balaban J connectivity index is 1.72. The van der Waals surface area contributed by atoms with Crippen molar-refractivity contribution in [3.8, 4) is 10.7 Å². The molecule has 124 valence electrons. The van der Waals surface area contributed by atoms with E-state index in [9.17, 15) is 4.79 Å². The smallest absolute Gasteiger partial charge is 0.275 e. The van der Waals surface area contributed by atoms with Crippen LogP contribution in [0.15, 0.2) is 17.5 Å². The molecule has 6 nitrogen and oxygen atoms in total. The molecule has 1 aliphatic carbocycles. The maximum atomic E-state index is 11.9. The lowest BCUT2D eigenvalue weighted by Gasteiger charge is -2.13. The summed E-state index contributed by atoms with van der Waals surface area (Å²) in [6.07, 6.45) is 2.22. The number of thiophene rings is 1. The van der Waals surface area contributed by atoms with Crippen molar-refractivity contribution in [2.75, 3.05) is 13.6 Å². The first-order chi connectivity index (χ1) is 11.1. The second-order valence-electron chi connectivity index (χ2n) is 5.96. The van der Waals surface area contributed by atoms with Crippen LogP contribution in [0.4, 0.5) is 0 Å². The summed E-state index contributed by atoms with van der Waals surface area (Å²) in [6.45, 7) is 3.87. The minimum atomic E-state index is 0.102. The summed E-state index contributed by atoms with van der Waals surface area (Å²) in [5, 5.41) is 9.73. The summed E-state index contributed by atoms with van der Waals surface area (Å²) in [4.78, 5) is 14.1. The molecule has 0 spiro atoms. The molecule has 0 aromatic carbocycles.